The molecule has 3 rings (SSSR count). The van der Waals surface area contributed by atoms with Crippen molar-refractivity contribution in [1.29, 1.82) is 0 Å². The van der Waals surface area contributed by atoms with Gasteiger partial charge in [0, 0.05) is 33.7 Å². The molecule has 0 aromatic carbocycles. The van der Waals surface area contributed by atoms with E-state index in [1.807, 2.05) is 6.20 Å². The summed E-state index contributed by atoms with van der Waals surface area (Å²) in [6.45, 7) is 5.58. The van der Waals surface area contributed by atoms with Crippen molar-refractivity contribution in [2.24, 2.45) is 0 Å². The molecule has 1 unspecified atom stereocenters. The first-order valence-corrected chi connectivity index (χ1v) is 9.08. The summed E-state index contributed by atoms with van der Waals surface area (Å²) in [6.07, 6.45) is 1.88. The summed E-state index contributed by atoms with van der Waals surface area (Å²) in [5, 5.41) is 4.32. The van der Waals surface area contributed by atoms with Crippen LogP contribution in [0.2, 0.25) is 0 Å². The number of hydrogen-bond acceptors (Lipinski definition) is 5. The SMILES string of the molecule is CC1c2ncc(COCC(=O)N(C)C)n2CCN1Cc1ccsc1. The van der Waals surface area contributed by atoms with Crippen LogP contribution in [0.4, 0.5) is 0 Å². The second-order valence-corrected chi connectivity index (χ2v) is 7.10. The molecule has 1 amide bonds. The summed E-state index contributed by atoms with van der Waals surface area (Å²) in [7, 11) is 3.46. The van der Waals surface area contributed by atoms with Crippen molar-refractivity contribution < 1.29 is 9.53 Å². The molecule has 0 fully saturated rings. The Bertz CT molecular complexity index is 681. The third-order valence-corrected chi connectivity index (χ3v) is 5.17. The van der Waals surface area contributed by atoms with Crippen molar-refractivity contribution >= 4 is 17.2 Å². The fourth-order valence-corrected chi connectivity index (χ4v) is 3.58. The van der Waals surface area contributed by atoms with Crippen LogP contribution in [0, 0.1) is 0 Å². The highest BCUT2D eigenvalue weighted by Gasteiger charge is 2.27. The predicted molar refractivity (Wildman–Crippen MR) is 93.7 cm³/mol. The van der Waals surface area contributed by atoms with Gasteiger partial charge in [-0.25, -0.2) is 4.98 Å². The van der Waals surface area contributed by atoms with Crippen LogP contribution in [0.3, 0.4) is 0 Å². The van der Waals surface area contributed by atoms with E-state index in [0.29, 0.717) is 6.61 Å². The lowest BCUT2D eigenvalue weighted by Gasteiger charge is -2.34. The standard InChI is InChI=1S/C17H24N4O2S/c1-13-17-18-8-15(10-23-11-16(22)19(2)3)21(17)6-5-20(13)9-14-4-7-24-12-14/h4,7-8,12-13H,5-6,9-11H2,1-3H3. The van der Waals surface area contributed by atoms with Gasteiger partial charge in [0.15, 0.2) is 0 Å². The fraction of sp³-hybridized carbons (Fsp3) is 0.529. The topological polar surface area (TPSA) is 50.6 Å². The fourth-order valence-electron chi connectivity index (χ4n) is 2.92. The minimum Gasteiger partial charge on any atom is -0.365 e. The molecule has 0 N–H and O–H groups in total. The molecule has 6 nitrogen and oxygen atoms in total. The highest BCUT2D eigenvalue weighted by Crippen LogP contribution is 2.27. The zero-order valence-corrected chi connectivity index (χ0v) is 15.3. The summed E-state index contributed by atoms with van der Waals surface area (Å²) >= 11 is 1.74. The number of thiophene rings is 1. The molecular weight excluding hydrogens is 324 g/mol. The smallest absolute Gasteiger partial charge is 0.248 e. The molecule has 0 radical (unpaired) electrons. The predicted octanol–water partition coefficient (Wildman–Crippen LogP) is 2.13. The highest BCUT2D eigenvalue weighted by atomic mass is 32.1. The number of imidazole rings is 1. The zero-order valence-electron chi connectivity index (χ0n) is 14.4. The summed E-state index contributed by atoms with van der Waals surface area (Å²) in [5.74, 6) is 1.05. The third-order valence-electron chi connectivity index (χ3n) is 4.44. The van der Waals surface area contributed by atoms with Gasteiger partial charge in [0.05, 0.1) is 24.5 Å². The minimum absolute atomic E-state index is 0.0244. The van der Waals surface area contributed by atoms with Crippen molar-refractivity contribution in [1.82, 2.24) is 19.4 Å². The van der Waals surface area contributed by atoms with E-state index in [2.05, 4.69) is 38.2 Å². The van der Waals surface area contributed by atoms with Gasteiger partial charge in [-0.3, -0.25) is 9.69 Å². The average molecular weight is 348 g/mol. The van der Waals surface area contributed by atoms with Crippen molar-refractivity contribution in [3.05, 3.63) is 40.1 Å². The first-order valence-electron chi connectivity index (χ1n) is 8.13. The molecule has 0 saturated carbocycles. The number of rotatable bonds is 6. The molecule has 7 heteroatoms. The molecule has 2 aromatic heterocycles. The average Bonchev–Trinajstić information content (AvgIpc) is 3.20. The van der Waals surface area contributed by atoms with E-state index in [1.165, 1.54) is 10.5 Å². The normalized spacial score (nSPS) is 17.7. The van der Waals surface area contributed by atoms with E-state index in [0.717, 1.165) is 31.2 Å². The molecule has 1 atom stereocenters. The molecule has 0 bridgehead atoms. The number of hydrogen-bond donors (Lipinski definition) is 0. The minimum atomic E-state index is -0.0244. The second-order valence-electron chi connectivity index (χ2n) is 6.32. The van der Waals surface area contributed by atoms with E-state index < -0.39 is 0 Å². The lowest BCUT2D eigenvalue weighted by atomic mass is 10.2. The molecule has 1 aliphatic heterocycles. The van der Waals surface area contributed by atoms with Crippen molar-refractivity contribution in [3.8, 4) is 0 Å². The Hall–Kier alpha value is -1.70. The maximum Gasteiger partial charge on any atom is 0.248 e. The van der Waals surface area contributed by atoms with Crippen molar-refractivity contribution in [3.63, 3.8) is 0 Å². The largest absolute Gasteiger partial charge is 0.365 e. The van der Waals surface area contributed by atoms with E-state index in [9.17, 15) is 4.79 Å². The van der Waals surface area contributed by atoms with E-state index >= 15 is 0 Å². The van der Waals surface area contributed by atoms with Crippen molar-refractivity contribution in [2.45, 2.75) is 32.7 Å². The quantitative estimate of drug-likeness (QED) is 0.802. The Balaban J connectivity index is 1.61. The van der Waals surface area contributed by atoms with Gasteiger partial charge in [0.1, 0.15) is 12.4 Å². The molecule has 2 aromatic rings. The van der Waals surface area contributed by atoms with Crippen LogP contribution in [0.1, 0.15) is 30.0 Å². The molecule has 3 heterocycles. The van der Waals surface area contributed by atoms with Crippen LogP contribution in [0.15, 0.2) is 23.0 Å². The first-order chi connectivity index (χ1) is 11.6. The van der Waals surface area contributed by atoms with Crippen LogP contribution >= 0.6 is 11.3 Å². The Morgan fingerprint density at radius 3 is 3.00 bits per heavy atom. The third kappa shape index (κ3) is 3.68. The van der Waals surface area contributed by atoms with Crippen LogP contribution in [0.25, 0.3) is 0 Å². The molecular formula is C17H24N4O2S. The Labute approximate surface area is 146 Å². The van der Waals surface area contributed by atoms with E-state index in [4.69, 9.17) is 4.74 Å². The number of carbonyl (C=O) groups is 1. The van der Waals surface area contributed by atoms with Gasteiger partial charge in [-0.2, -0.15) is 11.3 Å². The number of nitrogens with zero attached hydrogens (tertiary/aromatic N) is 4. The zero-order chi connectivity index (χ0) is 17.1. The summed E-state index contributed by atoms with van der Waals surface area (Å²) in [6, 6.07) is 2.45. The Morgan fingerprint density at radius 2 is 2.29 bits per heavy atom. The van der Waals surface area contributed by atoms with Gasteiger partial charge in [-0.05, 0) is 29.3 Å². The number of aromatic nitrogens is 2. The maximum atomic E-state index is 11.6. The number of ether oxygens (including phenoxy) is 1. The molecule has 0 saturated heterocycles. The Kier molecular flexibility index (Phi) is 5.33. The van der Waals surface area contributed by atoms with Gasteiger partial charge in [-0.1, -0.05) is 0 Å². The molecule has 130 valence electrons. The number of likely N-dealkylation sites (N-methyl/N-ethyl adjacent to an activating group) is 1. The molecule has 0 spiro atoms. The van der Waals surface area contributed by atoms with Gasteiger partial charge >= 0.3 is 0 Å². The lowest BCUT2D eigenvalue weighted by molar-refractivity contribution is -0.134. The Morgan fingerprint density at radius 1 is 1.46 bits per heavy atom. The second kappa shape index (κ2) is 7.46. The molecule has 1 aliphatic rings. The monoisotopic (exact) mass is 348 g/mol. The summed E-state index contributed by atoms with van der Waals surface area (Å²) in [4.78, 5) is 20.2. The molecule has 0 aliphatic carbocycles. The van der Waals surface area contributed by atoms with Gasteiger partial charge in [0.25, 0.3) is 0 Å². The van der Waals surface area contributed by atoms with Gasteiger partial charge in [0.2, 0.25) is 5.91 Å². The van der Waals surface area contributed by atoms with Gasteiger partial charge < -0.3 is 14.2 Å². The molecule has 24 heavy (non-hydrogen) atoms. The highest BCUT2D eigenvalue weighted by molar-refractivity contribution is 7.07. The first kappa shape index (κ1) is 17.1. The van der Waals surface area contributed by atoms with Crippen LogP contribution in [0.5, 0.6) is 0 Å². The van der Waals surface area contributed by atoms with Crippen LogP contribution < -0.4 is 0 Å². The number of fused-ring (bicyclic) bond motifs is 1. The summed E-state index contributed by atoms with van der Waals surface area (Å²) < 4.78 is 7.78. The lowest BCUT2D eigenvalue weighted by Crippen LogP contribution is -2.37. The van der Waals surface area contributed by atoms with E-state index in [-0.39, 0.29) is 18.6 Å². The van der Waals surface area contributed by atoms with Crippen LogP contribution in [-0.2, 0) is 29.2 Å². The number of carbonyl (C=O) groups excluding carboxylic acids is 1. The maximum absolute atomic E-state index is 11.6. The summed E-state index contributed by atoms with van der Waals surface area (Å²) in [5.41, 5.74) is 2.40. The van der Waals surface area contributed by atoms with Crippen molar-refractivity contribution in [2.75, 3.05) is 27.2 Å². The van der Waals surface area contributed by atoms with E-state index in [1.54, 1.807) is 25.4 Å². The van der Waals surface area contributed by atoms with Gasteiger partial charge in [-0.15, -0.1) is 0 Å². The number of amides is 1. The van der Waals surface area contributed by atoms with Crippen LogP contribution in [-0.4, -0.2) is 52.5 Å².